The van der Waals surface area contributed by atoms with Crippen LogP contribution in [-0.2, 0) is 0 Å². The van der Waals surface area contributed by atoms with Crippen LogP contribution >= 0.6 is 0 Å². The Morgan fingerprint density at radius 2 is 1.18 bits per heavy atom. The second-order valence-corrected chi connectivity index (χ2v) is 7.70. The van der Waals surface area contributed by atoms with E-state index in [0.717, 1.165) is 5.92 Å². The van der Waals surface area contributed by atoms with Crippen LogP contribution in [0.25, 0.3) is 0 Å². The molecule has 0 aromatic carbocycles. The molecular formula is C17H36. The minimum Gasteiger partial charge on any atom is -0.0654 e. The van der Waals surface area contributed by atoms with Gasteiger partial charge in [0, 0.05) is 0 Å². The molecule has 0 saturated heterocycles. The highest BCUT2D eigenvalue weighted by molar-refractivity contribution is 4.96. The molecule has 17 heavy (non-hydrogen) atoms. The van der Waals surface area contributed by atoms with Gasteiger partial charge in [0.2, 0.25) is 0 Å². The molecule has 0 aromatic rings. The molecule has 0 rings (SSSR count). The second kappa shape index (κ2) is 5.76. The summed E-state index contributed by atoms with van der Waals surface area (Å²) in [7, 11) is 0. The summed E-state index contributed by atoms with van der Waals surface area (Å²) in [6.07, 6.45) is 5.22. The maximum atomic E-state index is 2.51. The molecule has 0 aliphatic rings. The molecule has 0 spiro atoms. The van der Waals surface area contributed by atoms with Crippen molar-refractivity contribution in [1.29, 1.82) is 0 Å². The summed E-state index contributed by atoms with van der Waals surface area (Å²) >= 11 is 0. The molecule has 0 aliphatic heterocycles. The third kappa shape index (κ3) is 3.48. The first-order valence-electron chi connectivity index (χ1n) is 7.56. The van der Waals surface area contributed by atoms with Gasteiger partial charge in [-0.05, 0) is 28.6 Å². The molecule has 0 aromatic heterocycles. The van der Waals surface area contributed by atoms with E-state index >= 15 is 0 Å². The van der Waals surface area contributed by atoms with Gasteiger partial charge < -0.3 is 0 Å². The van der Waals surface area contributed by atoms with Crippen LogP contribution in [-0.4, -0.2) is 0 Å². The van der Waals surface area contributed by atoms with Crippen LogP contribution in [0.15, 0.2) is 0 Å². The Morgan fingerprint density at radius 3 is 1.41 bits per heavy atom. The normalized spacial score (nSPS) is 16.1. The van der Waals surface area contributed by atoms with Crippen molar-refractivity contribution in [2.75, 3.05) is 0 Å². The molecule has 0 amide bonds. The van der Waals surface area contributed by atoms with Crippen molar-refractivity contribution >= 4 is 0 Å². The maximum Gasteiger partial charge on any atom is -0.0267 e. The smallest absolute Gasteiger partial charge is 0.0267 e. The summed E-state index contributed by atoms with van der Waals surface area (Å²) in [5, 5.41) is 0. The van der Waals surface area contributed by atoms with Gasteiger partial charge in [0.25, 0.3) is 0 Å². The molecule has 104 valence electrons. The van der Waals surface area contributed by atoms with E-state index < -0.39 is 0 Å². The zero-order valence-electron chi connectivity index (χ0n) is 13.9. The third-order valence-corrected chi connectivity index (χ3v) is 5.61. The minimum atomic E-state index is 0.408. The van der Waals surface area contributed by atoms with E-state index in [1.54, 1.807) is 0 Å². The van der Waals surface area contributed by atoms with E-state index in [1.807, 2.05) is 0 Å². The molecule has 0 fully saturated rings. The van der Waals surface area contributed by atoms with Crippen molar-refractivity contribution in [3.63, 3.8) is 0 Å². The van der Waals surface area contributed by atoms with Gasteiger partial charge in [0.1, 0.15) is 0 Å². The Morgan fingerprint density at radius 1 is 0.765 bits per heavy atom. The molecule has 0 nitrogen and oxygen atoms in total. The average molecular weight is 240 g/mol. The monoisotopic (exact) mass is 240 g/mol. The fourth-order valence-electron chi connectivity index (χ4n) is 3.75. The standard InChI is InChI=1S/C17H36/c1-10-13-14(15(4,5)6)16(7,8)17(9,11-2)12-3/h14H,10-13H2,1-9H3. The van der Waals surface area contributed by atoms with E-state index in [0.29, 0.717) is 16.2 Å². The second-order valence-electron chi connectivity index (χ2n) is 7.70. The van der Waals surface area contributed by atoms with Crippen LogP contribution in [0.4, 0.5) is 0 Å². The van der Waals surface area contributed by atoms with E-state index in [-0.39, 0.29) is 0 Å². The first-order chi connectivity index (χ1) is 7.56. The highest BCUT2D eigenvalue weighted by atomic mass is 14.5. The summed E-state index contributed by atoms with van der Waals surface area (Å²) in [6.45, 7) is 21.8. The number of rotatable bonds is 6. The van der Waals surface area contributed by atoms with E-state index in [2.05, 4.69) is 62.3 Å². The predicted molar refractivity (Wildman–Crippen MR) is 80.3 cm³/mol. The fourth-order valence-corrected chi connectivity index (χ4v) is 3.75. The highest BCUT2D eigenvalue weighted by Gasteiger charge is 2.47. The summed E-state index contributed by atoms with van der Waals surface area (Å²) in [4.78, 5) is 0. The Labute approximate surface area is 111 Å². The molecular weight excluding hydrogens is 204 g/mol. The Bertz CT molecular complexity index is 213. The maximum absolute atomic E-state index is 2.51. The lowest BCUT2D eigenvalue weighted by Gasteiger charge is -2.53. The lowest BCUT2D eigenvalue weighted by atomic mass is 9.52. The minimum absolute atomic E-state index is 0.408. The van der Waals surface area contributed by atoms with Crippen molar-refractivity contribution in [1.82, 2.24) is 0 Å². The summed E-state index contributed by atoms with van der Waals surface area (Å²) in [5.74, 6) is 0.796. The van der Waals surface area contributed by atoms with Crippen LogP contribution in [0.2, 0.25) is 0 Å². The van der Waals surface area contributed by atoms with Gasteiger partial charge in [-0.25, -0.2) is 0 Å². The van der Waals surface area contributed by atoms with Crippen molar-refractivity contribution in [2.45, 2.75) is 88.0 Å². The third-order valence-electron chi connectivity index (χ3n) is 5.61. The van der Waals surface area contributed by atoms with Gasteiger partial charge in [-0.2, -0.15) is 0 Å². The van der Waals surface area contributed by atoms with Crippen molar-refractivity contribution in [2.24, 2.45) is 22.2 Å². The van der Waals surface area contributed by atoms with E-state index in [9.17, 15) is 0 Å². The summed E-state index contributed by atoms with van der Waals surface area (Å²) in [6, 6.07) is 0. The van der Waals surface area contributed by atoms with Gasteiger partial charge >= 0.3 is 0 Å². The van der Waals surface area contributed by atoms with Crippen LogP contribution in [0.3, 0.4) is 0 Å². The fraction of sp³-hybridized carbons (Fsp3) is 1.00. The van der Waals surface area contributed by atoms with Crippen LogP contribution in [0.5, 0.6) is 0 Å². The Kier molecular flexibility index (Phi) is 5.76. The Balaban J connectivity index is 5.34. The Hall–Kier alpha value is 0. The van der Waals surface area contributed by atoms with Crippen LogP contribution in [0.1, 0.15) is 88.0 Å². The topological polar surface area (TPSA) is 0 Å². The highest BCUT2D eigenvalue weighted by Crippen LogP contribution is 2.55. The van der Waals surface area contributed by atoms with Crippen molar-refractivity contribution in [3.8, 4) is 0 Å². The van der Waals surface area contributed by atoms with Crippen LogP contribution in [0, 0.1) is 22.2 Å². The van der Waals surface area contributed by atoms with Gasteiger partial charge in [0.05, 0.1) is 0 Å². The quantitative estimate of drug-likeness (QED) is 0.511. The van der Waals surface area contributed by atoms with Gasteiger partial charge in [-0.1, -0.05) is 81.6 Å². The van der Waals surface area contributed by atoms with Crippen molar-refractivity contribution in [3.05, 3.63) is 0 Å². The number of hydrogen-bond donors (Lipinski definition) is 0. The first kappa shape index (κ1) is 17.0. The van der Waals surface area contributed by atoms with Gasteiger partial charge in [0.15, 0.2) is 0 Å². The zero-order chi connectivity index (χ0) is 13.9. The molecule has 0 heterocycles. The van der Waals surface area contributed by atoms with E-state index in [4.69, 9.17) is 0 Å². The number of hydrogen-bond acceptors (Lipinski definition) is 0. The van der Waals surface area contributed by atoms with Crippen molar-refractivity contribution < 1.29 is 0 Å². The molecule has 1 atom stereocenters. The predicted octanol–water partition coefficient (Wildman–Crippen LogP) is 6.30. The molecule has 1 unspecified atom stereocenters. The average Bonchev–Trinajstić information content (AvgIpc) is 2.22. The molecule has 0 aliphatic carbocycles. The SMILES string of the molecule is CCCC(C(C)(C)C)C(C)(C)C(C)(CC)CC. The zero-order valence-corrected chi connectivity index (χ0v) is 13.9. The molecule has 0 bridgehead atoms. The lowest BCUT2D eigenvalue weighted by molar-refractivity contribution is -0.0395. The van der Waals surface area contributed by atoms with E-state index in [1.165, 1.54) is 25.7 Å². The molecule has 0 N–H and O–H groups in total. The first-order valence-corrected chi connectivity index (χ1v) is 7.56. The van der Waals surface area contributed by atoms with Gasteiger partial charge in [-0.15, -0.1) is 0 Å². The molecule has 0 heteroatoms. The lowest BCUT2D eigenvalue weighted by Crippen LogP contribution is -2.45. The summed E-state index contributed by atoms with van der Waals surface area (Å²) < 4.78 is 0. The van der Waals surface area contributed by atoms with Gasteiger partial charge in [-0.3, -0.25) is 0 Å². The molecule has 0 saturated carbocycles. The summed E-state index contributed by atoms with van der Waals surface area (Å²) in [5.41, 5.74) is 1.27. The largest absolute Gasteiger partial charge is 0.0654 e. The van der Waals surface area contributed by atoms with Crippen LogP contribution < -0.4 is 0 Å². The molecule has 0 radical (unpaired) electrons.